The fraction of sp³-hybridized carbons (Fsp3) is 0.200. The summed E-state index contributed by atoms with van der Waals surface area (Å²) in [7, 11) is 4.86. The molecular formula is C20H22N4O3. The molecule has 0 fully saturated rings. The molecule has 0 aliphatic rings. The Bertz CT molecular complexity index is 931. The number of benzene rings is 2. The average molecular weight is 366 g/mol. The second kappa shape index (κ2) is 8.27. The highest BCUT2D eigenvalue weighted by Crippen LogP contribution is 2.31. The molecule has 0 saturated heterocycles. The standard InChI is InChI=1S/C20H22N4O3/c1-13-5-7-17(26-3)15(11-13)22-19-9-10-21-20(24-19)23-16-12-14(25-2)6-8-18(16)27-4/h5-12H,1-4H3,(H2,21,22,23,24). The van der Waals surface area contributed by atoms with Gasteiger partial charge in [-0.25, -0.2) is 4.98 Å². The van der Waals surface area contributed by atoms with E-state index in [1.54, 1.807) is 33.6 Å². The molecule has 140 valence electrons. The van der Waals surface area contributed by atoms with Gasteiger partial charge in [0, 0.05) is 12.3 Å². The second-order valence-electron chi connectivity index (χ2n) is 5.79. The van der Waals surface area contributed by atoms with Crippen molar-refractivity contribution in [1.82, 2.24) is 9.97 Å². The van der Waals surface area contributed by atoms with Crippen LogP contribution in [0.5, 0.6) is 17.2 Å². The van der Waals surface area contributed by atoms with Crippen LogP contribution in [0.1, 0.15) is 5.56 Å². The largest absolute Gasteiger partial charge is 0.497 e. The van der Waals surface area contributed by atoms with E-state index in [2.05, 4.69) is 20.6 Å². The summed E-state index contributed by atoms with van der Waals surface area (Å²) < 4.78 is 16.1. The van der Waals surface area contributed by atoms with Crippen molar-refractivity contribution in [3.63, 3.8) is 0 Å². The molecule has 2 N–H and O–H groups in total. The van der Waals surface area contributed by atoms with Gasteiger partial charge in [-0.15, -0.1) is 0 Å². The SMILES string of the molecule is COc1ccc(OC)c(Nc2nccc(Nc3cc(C)ccc3OC)n2)c1. The van der Waals surface area contributed by atoms with Gasteiger partial charge >= 0.3 is 0 Å². The Balaban J connectivity index is 1.86. The molecule has 0 atom stereocenters. The number of hydrogen-bond acceptors (Lipinski definition) is 7. The zero-order valence-electron chi connectivity index (χ0n) is 15.7. The monoisotopic (exact) mass is 366 g/mol. The molecule has 3 aromatic rings. The van der Waals surface area contributed by atoms with E-state index in [0.29, 0.717) is 29.0 Å². The number of methoxy groups -OCH3 is 3. The number of rotatable bonds is 7. The van der Waals surface area contributed by atoms with E-state index in [0.717, 1.165) is 17.0 Å². The lowest BCUT2D eigenvalue weighted by atomic mass is 10.2. The summed E-state index contributed by atoms with van der Waals surface area (Å²) in [5.74, 6) is 3.18. The van der Waals surface area contributed by atoms with E-state index in [1.807, 2.05) is 43.3 Å². The van der Waals surface area contributed by atoms with Gasteiger partial charge < -0.3 is 24.8 Å². The Labute approximate surface area is 158 Å². The third-order valence-electron chi connectivity index (χ3n) is 3.93. The van der Waals surface area contributed by atoms with Crippen LogP contribution in [0.3, 0.4) is 0 Å². The van der Waals surface area contributed by atoms with Crippen LogP contribution >= 0.6 is 0 Å². The first-order valence-electron chi connectivity index (χ1n) is 8.36. The Kier molecular flexibility index (Phi) is 5.61. The van der Waals surface area contributed by atoms with Gasteiger partial charge in [-0.1, -0.05) is 6.07 Å². The summed E-state index contributed by atoms with van der Waals surface area (Å²) in [5.41, 5.74) is 2.66. The van der Waals surface area contributed by atoms with Crippen molar-refractivity contribution in [2.75, 3.05) is 32.0 Å². The molecule has 1 aromatic heterocycles. The van der Waals surface area contributed by atoms with Crippen LogP contribution in [0, 0.1) is 6.92 Å². The summed E-state index contributed by atoms with van der Waals surface area (Å²) in [6.07, 6.45) is 1.67. The molecule has 0 saturated carbocycles. The maximum absolute atomic E-state index is 5.40. The Morgan fingerprint density at radius 2 is 1.48 bits per heavy atom. The van der Waals surface area contributed by atoms with Crippen molar-refractivity contribution in [3.8, 4) is 17.2 Å². The second-order valence-corrected chi connectivity index (χ2v) is 5.79. The topological polar surface area (TPSA) is 77.5 Å². The van der Waals surface area contributed by atoms with Gasteiger partial charge in [0.2, 0.25) is 5.95 Å². The molecule has 3 rings (SSSR count). The quantitative estimate of drug-likeness (QED) is 0.645. The molecule has 7 nitrogen and oxygen atoms in total. The first kappa shape index (κ1) is 18.3. The van der Waals surface area contributed by atoms with E-state index in [-0.39, 0.29) is 0 Å². The maximum Gasteiger partial charge on any atom is 0.229 e. The molecule has 0 radical (unpaired) electrons. The van der Waals surface area contributed by atoms with Crippen LogP contribution in [0.2, 0.25) is 0 Å². The van der Waals surface area contributed by atoms with Crippen molar-refractivity contribution in [3.05, 3.63) is 54.2 Å². The normalized spacial score (nSPS) is 10.2. The van der Waals surface area contributed by atoms with Crippen molar-refractivity contribution < 1.29 is 14.2 Å². The van der Waals surface area contributed by atoms with Gasteiger partial charge in [0.15, 0.2) is 0 Å². The zero-order valence-corrected chi connectivity index (χ0v) is 15.7. The Hall–Kier alpha value is -3.48. The van der Waals surface area contributed by atoms with E-state index >= 15 is 0 Å². The van der Waals surface area contributed by atoms with Crippen LogP contribution in [0.15, 0.2) is 48.7 Å². The minimum Gasteiger partial charge on any atom is -0.497 e. The first-order valence-corrected chi connectivity index (χ1v) is 8.36. The molecule has 0 aliphatic carbocycles. The predicted octanol–water partition coefficient (Wildman–Crippen LogP) is 4.30. The highest BCUT2D eigenvalue weighted by molar-refractivity contribution is 5.68. The number of aromatic nitrogens is 2. The molecule has 0 amide bonds. The number of nitrogens with one attached hydrogen (secondary N) is 2. The van der Waals surface area contributed by atoms with Gasteiger partial charge in [0.25, 0.3) is 0 Å². The third kappa shape index (κ3) is 4.38. The van der Waals surface area contributed by atoms with Gasteiger partial charge in [0.1, 0.15) is 23.1 Å². The summed E-state index contributed by atoms with van der Waals surface area (Å²) in [6, 6.07) is 13.2. The van der Waals surface area contributed by atoms with Crippen LogP contribution in [-0.2, 0) is 0 Å². The number of anilines is 4. The Morgan fingerprint density at radius 3 is 2.19 bits per heavy atom. The van der Waals surface area contributed by atoms with Crippen LogP contribution in [0.25, 0.3) is 0 Å². The molecule has 27 heavy (non-hydrogen) atoms. The molecule has 7 heteroatoms. The van der Waals surface area contributed by atoms with Crippen molar-refractivity contribution in [2.45, 2.75) is 6.92 Å². The summed E-state index contributed by atoms with van der Waals surface area (Å²) in [6.45, 7) is 2.02. The highest BCUT2D eigenvalue weighted by atomic mass is 16.5. The van der Waals surface area contributed by atoms with Gasteiger partial charge in [-0.3, -0.25) is 0 Å². The minimum atomic E-state index is 0.429. The third-order valence-corrected chi connectivity index (χ3v) is 3.93. The van der Waals surface area contributed by atoms with Crippen LogP contribution < -0.4 is 24.8 Å². The summed E-state index contributed by atoms with van der Waals surface area (Å²) in [4.78, 5) is 8.79. The molecule has 2 aromatic carbocycles. The number of nitrogens with zero attached hydrogens (tertiary/aromatic N) is 2. The molecule has 0 aliphatic heterocycles. The summed E-state index contributed by atoms with van der Waals surface area (Å²) >= 11 is 0. The molecular weight excluding hydrogens is 344 g/mol. The fourth-order valence-corrected chi connectivity index (χ4v) is 2.58. The van der Waals surface area contributed by atoms with E-state index in [4.69, 9.17) is 14.2 Å². The number of aryl methyl sites for hydroxylation is 1. The Morgan fingerprint density at radius 1 is 0.778 bits per heavy atom. The van der Waals surface area contributed by atoms with Crippen molar-refractivity contribution >= 4 is 23.1 Å². The van der Waals surface area contributed by atoms with E-state index in [1.165, 1.54) is 0 Å². The van der Waals surface area contributed by atoms with Crippen LogP contribution in [-0.4, -0.2) is 31.3 Å². The van der Waals surface area contributed by atoms with E-state index < -0.39 is 0 Å². The zero-order chi connectivity index (χ0) is 19.2. The van der Waals surface area contributed by atoms with Crippen molar-refractivity contribution in [1.29, 1.82) is 0 Å². The number of hydrogen-bond donors (Lipinski definition) is 2. The molecule has 0 unspecified atom stereocenters. The lowest BCUT2D eigenvalue weighted by molar-refractivity contribution is 0.405. The predicted molar refractivity (Wildman–Crippen MR) is 106 cm³/mol. The molecule has 1 heterocycles. The lowest BCUT2D eigenvalue weighted by Gasteiger charge is -2.14. The molecule has 0 spiro atoms. The first-order chi connectivity index (χ1) is 13.1. The maximum atomic E-state index is 5.40. The van der Waals surface area contributed by atoms with E-state index in [9.17, 15) is 0 Å². The molecule has 0 bridgehead atoms. The average Bonchev–Trinajstić information content (AvgIpc) is 2.68. The minimum absolute atomic E-state index is 0.429. The van der Waals surface area contributed by atoms with Gasteiger partial charge in [-0.2, -0.15) is 4.98 Å². The highest BCUT2D eigenvalue weighted by Gasteiger charge is 2.09. The summed E-state index contributed by atoms with van der Waals surface area (Å²) in [5, 5.41) is 6.44. The van der Waals surface area contributed by atoms with Gasteiger partial charge in [-0.05, 0) is 42.8 Å². The fourth-order valence-electron chi connectivity index (χ4n) is 2.58. The number of ether oxygens (including phenoxy) is 3. The van der Waals surface area contributed by atoms with Crippen molar-refractivity contribution in [2.24, 2.45) is 0 Å². The smallest absolute Gasteiger partial charge is 0.229 e. The van der Waals surface area contributed by atoms with Gasteiger partial charge in [0.05, 0.1) is 32.7 Å². The lowest BCUT2D eigenvalue weighted by Crippen LogP contribution is -2.02. The van der Waals surface area contributed by atoms with Crippen LogP contribution in [0.4, 0.5) is 23.1 Å².